The Kier molecular flexibility index (Phi) is 2.07. The van der Waals surface area contributed by atoms with Crippen LogP contribution in [0.2, 0.25) is 0 Å². The van der Waals surface area contributed by atoms with Gasteiger partial charge in [-0.25, -0.2) is 8.42 Å². The summed E-state index contributed by atoms with van der Waals surface area (Å²) >= 11 is 0. The third kappa shape index (κ3) is 1.18. The van der Waals surface area contributed by atoms with Crippen molar-refractivity contribution in [1.82, 2.24) is 0 Å². The van der Waals surface area contributed by atoms with Gasteiger partial charge in [-0.1, -0.05) is 6.42 Å². The van der Waals surface area contributed by atoms with E-state index in [1.54, 1.807) is 0 Å². The second-order valence-corrected chi connectivity index (χ2v) is 8.09. The Morgan fingerprint density at radius 2 is 1.25 bits per heavy atom. The maximum Gasteiger partial charge on any atom is 0.160 e. The zero-order valence-electron chi connectivity index (χ0n) is 8.35. The topological polar surface area (TPSA) is 34.1 Å². The van der Waals surface area contributed by atoms with Gasteiger partial charge in [0, 0.05) is 0 Å². The number of rotatable bonds is 0. The van der Waals surface area contributed by atoms with Gasteiger partial charge >= 0.3 is 0 Å². The lowest BCUT2D eigenvalue weighted by Crippen LogP contribution is -2.49. The molecule has 2 nitrogen and oxygen atoms in total. The highest BCUT2D eigenvalue weighted by Gasteiger charge is 2.48. The molecule has 1 rings (SSSR count). The monoisotopic (exact) mass is 190 g/mol. The zero-order chi connectivity index (χ0) is 9.62. The summed E-state index contributed by atoms with van der Waals surface area (Å²) in [5.41, 5.74) is 0. The molecule has 12 heavy (non-hydrogen) atoms. The Balaban J connectivity index is 3.17. The van der Waals surface area contributed by atoms with E-state index in [9.17, 15) is 8.42 Å². The van der Waals surface area contributed by atoms with Crippen molar-refractivity contribution in [3.05, 3.63) is 0 Å². The molecule has 1 saturated heterocycles. The van der Waals surface area contributed by atoms with E-state index in [0.717, 1.165) is 19.3 Å². The summed E-state index contributed by atoms with van der Waals surface area (Å²) < 4.78 is 22.9. The molecule has 0 bridgehead atoms. The van der Waals surface area contributed by atoms with Crippen LogP contribution >= 0.6 is 0 Å². The number of hydrogen-bond donors (Lipinski definition) is 0. The van der Waals surface area contributed by atoms with Crippen molar-refractivity contribution in [1.29, 1.82) is 0 Å². The van der Waals surface area contributed by atoms with Crippen LogP contribution in [-0.4, -0.2) is 17.9 Å². The van der Waals surface area contributed by atoms with Crippen molar-refractivity contribution in [2.75, 3.05) is 0 Å². The van der Waals surface area contributed by atoms with E-state index in [4.69, 9.17) is 0 Å². The van der Waals surface area contributed by atoms with Crippen molar-refractivity contribution in [3.8, 4) is 0 Å². The van der Waals surface area contributed by atoms with Crippen LogP contribution < -0.4 is 0 Å². The molecule has 0 radical (unpaired) electrons. The van der Waals surface area contributed by atoms with Gasteiger partial charge in [0.25, 0.3) is 0 Å². The van der Waals surface area contributed by atoms with E-state index in [1.807, 2.05) is 27.7 Å². The summed E-state index contributed by atoms with van der Waals surface area (Å²) in [7, 11) is -2.94. The highest BCUT2D eigenvalue weighted by atomic mass is 32.2. The Morgan fingerprint density at radius 1 is 0.917 bits per heavy atom. The first-order valence-electron chi connectivity index (χ1n) is 4.45. The molecule has 0 unspecified atom stereocenters. The fourth-order valence-electron chi connectivity index (χ4n) is 1.96. The average molecular weight is 190 g/mol. The quantitative estimate of drug-likeness (QED) is 0.586. The fourth-order valence-corrected chi connectivity index (χ4v) is 4.28. The van der Waals surface area contributed by atoms with Gasteiger partial charge in [-0.15, -0.1) is 0 Å². The SMILES string of the molecule is CC1(C)CCCC(C)(C)S1(=O)=O. The van der Waals surface area contributed by atoms with Gasteiger partial charge in [0.2, 0.25) is 0 Å². The van der Waals surface area contributed by atoms with Crippen molar-refractivity contribution < 1.29 is 8.42 Å². The Bertz CT molecular complexity index is 251. The van der Waals surface area contributed by atoms with E-state index in [-0.39, 0.29) is 0 Å². The largest absolute Gasteiger partial charge is 0.228 e. The highest BCUT2D eigenvalue weighted by molar-refractivity contribution is 7.94. The van der Waals surface area contributed by atoms with Gasteiger partial charge < -0.3 is 0 Å². The number of hydrogen-bond acceptors (Lipinski definition) is 2. The van der Waals surface area contributed by atoms with Crippen LogP contribution in [-0.2, 0) is 9.84 Å². The maximum absolute atomic E-state index is 12.0. The summed E-state index contributed by atoms with van der Waals surface area (Å²) in [6, 6.07) is 0. The normalized spacial score (nSPS) is 31.3. The van der Waals surface area contributed by atoms with E-state index in [2.05, 4.69) is 0 Å². The summed E-state index contributed by atoms with van der Waals surface area (Å²) in [6.07, 6.45) is 2.64. The second kappa shape index (κ2) is 2.47. The molecule has 72 valence electrons. The molecule has 0 saturated carbocycles. The van der Waals surface area contributed by atoms with Crippen LogP contribution in [0.5, 0.6) is 0 Å². The van der Waals surface area contributed by atoms with Crippen LogP contribution in [0.25, 0.3) is 0 Å². The fraction of sp³-hybridized carbons (Fsp3) is 1.00. The lowest BCUT2D eigenvalue weighted by Gasteiger charge is -2.40. The summed E-state index contributed by atoms with van der Waals surface area (Å²) in [6.45, 7) is 7.35. The molecule has 0 N–H and O–H groups in total. The molecule has 0 spiro atoms. The molecule has 3 heteroatoms. The molecular formula is C9H18O2S. The van der Waals surface area contributed by atoms with Gasteiger partial charge in [-0.2, -0.15) is 0 Å². The zero-order valence-corrected chi connectivity index (χ0v) is 9.16. The molecule has 1 aliphatic rings. The van der Waals surface area contributed by atoms with E-state index in [0.29, 0.717) is 0 Å². The first-order valence-corrected chi connectivity index (χ1v) is 5.93. The maximum atomic E-state index is 12.0. The van der Waals surface area contributed by atoms with Gasteiger partial charge in [-0.05, 0) is 40.5 Å². The Hall–Kier alpha value is -0.0500. The van der Waals surface area contributed by atoms with Crippen molar-refractivity contribution in [2.45, 2.75) is 56.5 Å². The third-order valence-corrected chi connectivity index (χ3v) is 6.33. The average Bonchev–Trinajstić information content (AvgIpc) is 1.83. The lowest BCUT2D eigenvalue weighted by atomic mass is 9.98. The van der Waals surface area contributed by atoms with Crippen molar-refractivity contribution >= 4 is 9.84 Å². The molecule has 0 aromatic heterocycles. The van der Waals surface area contributed by atoms with Crippen LogP contribution in [0.1, 0.15) is 47.0 Å². The first-order chi connectivity index (χ1) is 5.21. The lowest BCUT2D eigenvalue weighted by molar-refractivity contribution is 0.415. The van der Waals surface area contributed by atoms with E-state index in [1.165, 1.54) is 0 Å². The minimum Gasteiger partial charge on any atom is -0.228 e. The Labute approximate surface area is 75.3 Å². The van der Waals surface area contributed by atoms with Gasteiger partial charge in [0.15, 0.2) is 9.84 Å². The molecule has 0 aromatic rings. The van der Waals surface area contributed by atoms with Gasteiger partial charge in [0.1, 0.15) is 0 Å². The minimum atomic E-state index is -2.94. The summed E-state index contributed by atoms with van der Waals surface area (Å²) in [5, 5.41) is 0. The van der Waals surface area contributed by atoms with Crippen molar-refractivity contribution in [3.63, 3.8) is 0 Å². The van der Waals surface area contributed by atoms with Crippen LogP contribution in [0.15, 0.2) is 0 Å². The molecule has 1 aliphatic heterocycles. The van der Waals surface area contributed by atoms with Crippen LogP contribution in [0.3, 0.4) is 0 Å². The summed E-state index contributed by atoms with van der Waals surface area (Å²) in [4.78, 5) is 0. The highest BCUT2D eigenvalue weighted by Crippen LogP contribution is 2.40. The van der Waals surface area contributed by atoms with Gasteiger partial charge in [0.05, 0.1) is 9.49 Å². The van der Waals surface area contributed by atoms with E-state index < -0.39 is 19.3 Å². The third-order valence-electron chi connectivity index (χ3n) is 3.01. The first kappa shape index (κ1) is 10.0. The van der Waals surface area contributed by atoms with Gasteiger partial charge in [-0.3, -0.25) is 0 Å². The van der Waals surface area contributed by atoms with Crippen LogP contribution in [0, 0.1) is 0 Å². The standard InChI is InChI=1S/C9H18O2S/c1-8(2)6-5-7-9(3,4)12(8,10)11/h5-7H2,1-4H3. The molecular weight excluding hydrogens is 172 g/mol. The molecule has 0 aromatic carbocycles. The predicted molar refractivity (Wildman–Crippen MR) is 50.9 cm³/mol. The molecule has 0 amide bonds. The molecule has 1 heterocycles. The molecule has 0 aliphatic carbocycles. The van der Waals surface area contributed by atoms with Crippen LogP contribution in [0.4, 0.5) is 0 Å². The molecule has 1 fully saturated rings. The Morgan fingerprint density at radius 3 is 1.50 bits per heavy atom. The van der Waals surface area contributed by atoms with Crippen molar-refractivity contribution in [2.24, 2.45) is 0 Å². The second-order valence-electron chi connectivity index (χ2n) is 4.88. The summed E-state index contributed by atoms with van der Waals surface area (Å²) in [5.74, 6) is 0. The predicted octanol–water partition coefficient (Wildman–Crippen LogP) is 2.14. The molecule has 0 atom stereocenters. The number of sulfone groups is 1. The minimum absolute atomic E-state index is 0.519. The smallest absolute Gasteiger partial charge is 0.160 e. The van der Waals surface area contributed by atoms with E-state index >= 15 is 0 Å².